The molecule has 3 amide bonds. The molecule has 0 radical (unpaired) electrons. The number of amides is 3. The van der Waals surface area contributed by atoms with E-state index in [9.17, 15) is 9.59 Å². The molecule has 3 N–H and O–H groups in total. The van der Waals surface area contributed by atoms with Crippen LogP contribution in [0.1, 0.15) is 53.4 Å². The quantitative estimate of drug-likeness (QED) is 0.728. The maximum absolute atomic E-state index is 11.6. The number of rotatable bonds is 4. The first-order valence-corrected chi connectivity index (χ1v) is 7.26. The monoisotopic (exact) mass is 269 g/mol. The topological polar surface area (TPSA) is 70.2 Å². The van der Waals surface area contributed by atoms with Crippen molar-refractivity contribution in [3.8, 4) is 0 Å². The molecule has 0 heterocycles. The summed E-state index contributed by atoms with van der Waals surface area (Å²) in [6, 6.07) is 0.554. The average Bonchev–Trinajstić information content (AvgIpc) is 2.30. The van der Waals surface area contributed by atoms with Crippen molar-refractivity contribution >= 4 is 11.9 Å². The summed E-state index contributed by atoms with van der Waals surface area (Å²) >= 11 is 0. The van der Waals surface area contributed by atoms with Gasteiger partial charge in [-0.1, -0.05) is 13.8 Å². The zero-order chi connectivity index (χ0) is 14.4. The number of urea groups is 1. The largest absolute Gasteiger partial charge is 0.353 e. The third kappa shape index (κ3) is 5.94. The Morgan fingerprint density at radius 3 is 1.79 bits per heavy atom. The molecule has 0 bridgehead atoms. The Balaban J connectivity index is 2.25. The molecule has 0 spiro atoms. The Morgan fingerprint density at radius 1 is 0.895 bits per heavy atom. The van der Waals surface area contributed by atoms with E-state index < -0.39 is 0 Å². The minimum absolute atomic E-state index is 0.0349. The Morgan fingerprint density at radius 2 is 1.37 bits per heavy atom. The van der Waals surface area contributed by atoms with Gasteiger partial charge in [0.05, 0.1) is 0 Å². The van der Waals surface area contributed by atoms with Crippen LogP contribution in [-0.2, 0) is 4.79 Å². The molecule has 19 heavy (non-hydrogen) atoms. The SMILES string of the molecule is CC(C)NC(=O)N[C@H]1CC[C@H](NC(=O)C(C)C)CC1. The van der Waals surface area contributed by atoms with Crippen LogP contribution in [0.4, 0.5) is 4.79 Å². The van der Waals surface area contributed by atoms with Gasteiger partial charge in [-0.15, -0.1) is 0 Å². The molecular formula is C14H27N3O2. The average molecular weight is 269 g/mol. The van der Waals surface area contributed by atoms with E-state index in [0.717, 1.165) is 25.7 Å². The van der Waals surface area contributed by atoms with Crippen LogP contribution >= 0.6 is 0 Å². The van der Waals surface area contributed by atoms with E-state index in [2.05, 4.69) is 16.0 Å². The van der Waals surface area contributed by atoms with Crippen LogP contribution in [-0.4, -0.2) is 30.1 Å². The molecule has 1 aliphatic carbocycles. The molecular weight excluding hydrogens is 242 g/mol. The van der Waals surface area contributed by atoms with Gasteiger partial charge < -0.3 is 16.0 Å². The smallest absolute Gasteiger partial charge is 0.315 e. The Kier molecular flexibility index (Phi) is 6.12. The summed E-state index contributed by atoms with van der Waals surface area (Å²) < 4.78 is 0. The molecule has 0 aromatic carbocycles. The highest BCUT2D eigenvalue weighted by atomic mass is 16.2. The second kappa shape index (κ2) is 7.36. The van der Waals surface area contributed by atoms with E-state index in [1.54, 1.807) is 0 Å². The fraction of sp³-hybridized carbons (Fsp3) is 0.857. The summed E-state index contributed by atoms with van der Waals surface area (Å²) in [6.07, 6.45) is 3.72. The Bertz CT molecular complexity index is 308. The van der Waals surface area contributed by atoms with Gasteiger partial charge in [0, 0.05) is 24.0 Å². The van der Waals surface area contributed by atoms with Crippen molar-refractivity contribution in [3.05, 3.63) is 0 Å². The predicted molar refractivity (Wildman–Crippen MR) is 75.8 cm³/mol. The van der Waals surface area contributed by atoms with Gasteiger partial charge in [0.2, 0.25) is 5.91 Å². The van der Waals surface area contributed by atoms with Crippen LogP contribution in [0.2, 0.25) is 0 Å². The lowest BCUT2D eigenvalue weighted by Crippen LogP contribution is -2.48. The minimum Gasteiger partial charge on any atom is -0.353 e. The van der Waals surface area contributed by atoms with Crippen molar-refractivity contribution in [3.63, 3.8) is 0 Å². The number of nitrogens with one attached hydrogen (secondary N) is 3. The van der Waals surface area contributed by atoms with Crippen molar-refractivity contribution in [2.75, 3.05) is 0 Å². The molecule has 110 valence electrons. The zero-order valence-corrected chi connectivity index (χ0v) is 12.5. The van der Waals surface area contributed by atoms with Gasteiger partial charge in [0.25, 0.3) is 0 Å². The van der Waals surface area contributed by atoms with Crippen molar-refractivity contribution in [2.24, 2.45) is 5.92 Å². The lowest BCUT2D eigenvalue weighted by atomic mass is 9.91. The maximum Gasteiger partial charge on any atom is 0.315 e. The molecule has 1 aliphatic rings. The first-order valence-electron chi connectivity index (χ1n) is 7.26. The molecule has 0 atom stereocenters. The minimum atomic E-state index is -0.0929. The second-order valence-electron chi connectivity index (χ2n) is 5.98. The molecule has 0 aromatic rings. The third-order valence-electron chi connectivity index (χ3n) is 3.35. The van der Waals surface area contributed by atoms with E-state index in [1.807, 2.05) is 27.7 Å². The van der Waals surface area contributed by atoms with Crippen LogP contribution in [0.3, 0.4) is 0 Å². The van der Waals surface area contributed by atoms with E-state index in [-0.39, 0.29) is 36.0 Å². The van der Waals surface area contributed by atoms with Gasteiger partial charge in [0.15, 0.2) is 0 Å². The molecule has 0 unspecified atom stereocenters. The molecule has 1 saturated carbocycles. The Labute approximate surface area is 115 Å². The molecule has 5 nitrogen and oxygen atoms in total. The van der Waals surface area contributed by atoms with Gasteiger partial charge in [-0.2, -0.15) is 0 Å². The molecule has 0 aromatic heterocycles. The van der Waals surface area contributed by atoms with E-state index in [1.165, 1.54) is 0 Å². The molecule has 5 heteroatoms. The first-order chi connectivity index (χ1) is 8.88. The van der Waals surface area contributed by atoms with Crippen molar-refractivity contribution < 1.29 is 9.59 Å². The van der Waals surface area contributed by atoms with Crippen LogP contribution in [0.15, 0.2) is 0 Å². The first kappa shape index (κ1) is 15.8. The fourth-order valence-corrected chi connectivity index (χ4v) is 2.24. The van der Waals surface area contributed by atoms with Crippen molar-refractivity contribution in [1.29, 1.82) is 0 Å². The number of hydrogen-bond acceptors (Lipinski definition) is 2. The number of carbonyl (C=O) groups excluding carboxylic acids is 2. The normalized spacial score (nSPS) is 23.3. The predicted octanol–water partition coefficient (Wildman–Crippen LogP) is 1.78. The molecule has 0 aliphatic heterocycles. The lowest BCUT2D eigenvalue weighted by Gasteiger charge is -2.30. The van der Waals surface area contributed by atoms with Gasteiger partial charge in [-0.05, 0) is 39.5 Å². The Hall–Kier alpha value is -1.26. The summed E-state index contributed by atoms with van der Waals surface area (Å²) in [5, 5.41) is 8.87. The number of hydrogen-bond donors (Lipinski definition) is 3. The van der Waals surface area contributed by atoms with Crippen molar-refractivity contribution in [1.82, 2.24) is 16.0 Å². The second-order valence-corrected chi connectivity index (χ2v) is 5.98. The molecule has 1 fully saturated rings. The highest BCUT2D eigenvalue weighted by Crippen LogP contribution is 2.19. The summed E-state index contributed by atoms with van der Waals surface area (Å²) in [7, 11) is 0. The van der Waals surface area contributed by atoms with E-state index in [4.69, 9.17) is 0 Å². The summed E-state index contributed by atoms with van der Waals surface area (Å²) in [6.45, 7) is 7.69. The molecule has 1 rings (SSSR count). The van der Waals surface area contributed by atoms with Gasteiger partial charge in [0.1, 0.15) is 0 Å². The summed E-state index contributed by atoms with van der Waals surface area (Å²) in [5.74, 6) is 0.154. The zero-order valence-electron chi connectivity index (χ0n) is 12.5. The summed E-state index contributed by atoms with van der Waals surface area (Å²) in [4.78, 5) is 23.2. The van der Waals surface area contributed by atoms with Crippen LogP contribution in [0, 0.1) is 5.92 Å². The maximum atomic E-state index is 11.6. The lowest BCUT2D eigenvalue weighted by molar-refractivity contribution is -0.124. The van der Waals surface area contributed by atoms with Crippen LogP contribution in [0.25, 0.3) is 0 Å². The summed E-state index contributed by atoms with van der Waals surface area (Å²) in [5.41, 5.74) is 0. The fourth-order valence-electron chi connectivity index (χ4n) is 2.24. The standard InChI is InChI=1S/C14H27N3O2/c1-9(2)13(18)16-11-5-7-12(8-6-11)17-14(19)15-10(3)4/h9-12H,5-8H2,1-4H3,(H,16,18)(H2,15,17,19)/t11-,12-. The van der Waals surface area contributed by atoms with Crippen molar-refractivity contribution in [2.45, 2.75) is 71.5 Å². The van der Waals surface area contributed by atoms with Crippen LogP contribution < -0.4 is 16.0 Å². The highest BCUT2D eigenvalue weighted by Gasteiger charge is 2.24. The number of carbonyl (C=O) groups is 2. The molecule has 0 saturated heterocycles. The van der Waals surface area contributed by atoms with Gasteiger partial charge in [-0.3, -0.25) is 4.79 Å². The van der Waals surface area contributed by atoms with Crippen LogP contribution in [0.5, 0.6) is 0 Å². The van der Waals surface area contributed by atoms with E-state index in [0.29, 0.717) is 0 Å². The van der Waals surface area contributed by atoms with E-state index >= 15 is 0 Å². The third-order valence-corrected chi connectivity index (χ3v) is 3.35. The van der Waals surface area contributed by atoms with Gasteiger partial charge >= 0.3 is 6.03 Å². The van der Waals surface area contributed by atoms with Gasteiger partial charge in [-0.25, -0.2) is 4.79 Å². The highest BCUT2D eigenvalue weighted by molar-refractivity contribution is 5.78.